The number of halogens is 1. The maximum absolute atomic E-state index is 12.7. The summed E-state index contributed by atoms with van der Waals surface area (Å²) in [4.78, 5) is 37.1. The van der Waals surface area contributed by atoms with Crippen LogP contribution in [0.15, 0.2) is 36.4 Å². The van der Waals surface area contributed by atoms with Crippen LogP contribution in [0, 0.1) is 5.92 Å². The first-order valence-electron chi connectivity index (χ1n) is 7.84. The van der Waals surface area contributed by atoms with Crippen molar-refractivity contribution in [3.63, 3.8) is 0 Å². The molecule has 0 aliphatic heterocycles. The van der Waals surface area contributed by atoms with Crippen LogP contribution < -0.4 is 5.32 Å². The Balaban J connectivity index is 1.94. The first kappa shape index (κ1) is 17.2. The fourth-order valence-corrected chi connectivity index (χ4v) is 2.81. The van der Waals surface area contributed by atoms with Gasteiger partial charge in [-0.25, -0.2) is 4.79 Å². The van der Waals surface area contributed by atoms with Gasteiger partial charge in [0.1, 0.15) is 0 Å². The standard InChI is InChI=1S/C19H16ClNO4/c1-10(2)9-25-19(24)21-16-8-14-13(7-15(16)20)17(22)11-5-3-4-6-12(11)18(14)23/h3-8,10H,9H2,1-2H3,(H,21,24). The Morgan fingerprint density at radius 3 is 2.16 bits per heavy atom. The van der Waals surface area contributed by atoms with Crippen LogP contribution in [0.5, 0.6) is 0 Å². The molecule has 25 heavy (non-hydrogen) atoms. The normalized spacial score (nSPS) is 12.6. The predicted molar refractivity (Wildman–Crippen MR) is 94.6 cm³/mol. The maximum atomic E-state index is 12.7. The van der Waals surface area contributed by atoms with E-state index in [4.69, 9.17) is 16.3 Å². The fraction of sp³-hybridized carbons (Fsp3) is 0.211. The molecule has 1 N–H and O–H groups in total. The van der Waals surface area contributed by atoms with Gasteiger partial charge in [-0.1, -0.05) is 49.7 Å². The molecule has 5 nitrogen and oxygen atoms in total. The van der Waals surface area contributed by atoms with Crippen LogP contribution in [0.3, 0.4) is 0 Å². The molecule has 0 bridgehead atoms. The van der Waals surface area contributed by atoms with E-state index >= 15 is 0 Å². The SMILES string of the molecule is CC(C)COC(=O)Nc1cc2c(cc1Cl)C(=O)c1ccccc1C2=O. The third kappa shape index (κ3) is 3.28. The number of ketones is 2. The summed E-state index contributed by atoms with van der Waals surface area (Å²) in [5, 5.41) is 2.69. The lowest BCUT2D eigenvalue weighted by Crippen LogP contribution is -2.22. The largest absolute Gasteiger partial charge is 0.449 e. The minimum Gasteiger partial charge on any atom is -0.449 e. The van der Waals surface area contributed by atoms with Gasteiger partial charge >= 0.3 is 6.09 Å². The highest BCUT2D eigenvalue weighted by atomic mass is 35.5. The molecule has 6 heteroatoms. The van der Waals surface area contributed by atoms with Gasteiger partial charge in [0.05, 0.1) is 17.3 Å². The number of rotatable bonds is 3. The van der Waals surface area contributed by atoms with Crippen LogP contribution in [-0.2, 0) is 4.74 Å². The van der Waals surface area contributed by atoms with E-state index < -0.39 is 6.09 Å². The van der Waals surface area contributed by atoms with Crippen molar-refractivity contribution in [3.8, 4) is 0 Å². The van der Waals surface area contributed by atoms with Gasteiger partial charge in [0.2, 0.25) is 0 Å². The molecule has 1 aliphatic carbocycles. The monoisotopic (exact) mass is 357 g/mol. The van der Waals surface area contributed by atoms with Crippen LogP contribution in [0.25, 0.3) is 0 Å². The summed E-state index contributed by atoms with van der Waals surface area (Å²) in [6.45, 7) is 4.10. The molecule has 0 fully saturated rings. The summed E-state index contributed by atoms with van der Waals surface area (Å²) < 4.78 is 5.05. The molecule has 0 aromatic heterocycles. The first-order chi connectivity index (χ1) is 11.9. The first-order valence-corrected chi connectivity index (χ1v) is 8.22. The van der Waals surface area contributed by atoms with Crippen molar-refractivity contribution in [1.82, 2.24) is 0 Å². The van der Waals surface area contributed by atoms with Crippen molar-refractivity contribution in [2.45, 2.75) is 13.8 Å². The molecule has 128 valence electrons. The Hall–Kier alpha value is -2.66. The minimum atomic E-state index is -0.662. The van der Waals surface area contributed by atoms with E-state index in [-0.39, 0.29) is 45.9 Å². The van der Waals surface area contributed by atoms with E-state index in [9.17, 15) is 14.4 Å². The Labute approximate surface area is 149 Å². The van der Waals surface area contributed by atoms with Gasteiger partial charge in [-0.2, -0.15) is 0 Å². The molecule has 3 rings (SSSR count). The van der Waals surface area contributed by atoms with Gasteiger partial charge in [-0.05, 0) is 18.1 Å². The molecule has 2 aromatic carbocycles. The van der Waals surface area contributed by atoms with Gasteiger partial charge in [0.25, 0.3) is 0 Å². The van der Waals surface area contributed by atoms with Crippen LogP contribution in [0.2, 0.25) is 5.02 Å². The number of amides is 1. The van der Waals surface area contributed by atoms with Crippen molar-refractivity contribution in [3.05, 3.63) is 63.7 Å². The Kier molecular flexibility index (Phi) is 4.59. The van der Waals surface area contributed by atoms with E-state index in [1.54, 1.807) is 24.3 Å². The second-order valence-electron chi connectivity index (χ2n) is 6.20. The third-order valence-electron chi connectivity index (χ3n) is 3.80. The maximum Gasteiger partial charge on any atom is 0.411 e. The summed E-state index contributed by atoms with van der Waals surface area (Å²) >= 11 is 6.17. The lowest BCUT2D eigenvalue weighted by molar-refractivity contribution is 0.0979. The molecule has 1 amide bonds. The number of fused-ring (bicyclic) bond motifs is 2. The number of ether oxygens (including phenoxy) is 1. The third-order valence-corrected chi connectivity index (χ3v) is 4.11. The molecule has 0 saturated heterocycles. The van der Waals surface area contributed by atoms with E-state index in [0.717, 1.165) is 0 Å². The summed E-state index contributed by atoms with van der Waals surface area (Å²) in [6, 6.07) is 9.46. The summed E-state index contributed by atoms with van der Waals surface area (Å²) in [5.41, 5.74) is 1.38. The average molecular weight is 358 g/mol. The van der Waals surface area contributed by atoms with Gasteiger partial charge in [-0.15, -0.1) is 0 Å². The molecular weight excluding hydrogens is 342 g/mol. The number of anilines is 1. The molecular formula is C19H16ClNO4. The van der Waals surface area contributed by atoms with Gasteiger partial charge < -0.3 is 4.74 Å². The number of carbonyl (C=O) groups excluding carboxylic acids is 3. The smallest absolute Gasteiger partial charge is 0.411 e. The molecule has 0 heterocycles. The predicted octanol–water partition coefficient (Wildman–Crippen LogP) is 4.32. The fourth-order valence-electron chi connectivity index (χ4n) is 2.60. The number of carbonyl (C=O) groups is 3. The van der Waals surface area contributed by atoms with E-state index in [1.807, 2.05) is 13.8 Å². The number of benzene rings is 2. The second kappa shape index (κ2) is 6.69. The zero-order chi connectivity index (χ0) is 18.1. The Bertz CT molecular complexity index is 889. The second-order valence-corrected chi connectivity index (χ2v) is 6.61. The van der Waals surface area contributed by atoms with Crippen molar-refractivity contribution in [2.75, 3.05) is 11.9 Å². The highest BCUT2D eigenvalue weighted by molar-refractivity contribution is 6.36. The highest BCUT2D eigenvalue weighted by Crippen LogP contribution is 2.33. The molecule has 0 saturated carbocycles. The highest BCUT2D eigenvalue weighted by Gasteiger charge is 2.30. The van der Waals surface area contributed by atoms with Crippen molar-refractivity contribution < 1.29 is 19.1 Å². The van der Waals surface area contributed by atoms with E-state index in [0.29, 0.717) is 11.1 Å². The Morgan fingerprint density at radius 2 is 1.60 bits per heavy atom. The molecule has 0 spiro atoms. The van der Waals surface area contributed by atoms with Crippen LogP contribution >= 0.6 is 11.6 Å². The summed E-state index contributed by atoms with van der Waals surface area (Å²) in [6.07, 6.45) is -0.662. The summed E-state index contributed by atoms with van der Waals surface area (Å²) in [7, 11) is 0. The lowest BCUT2D eigenvalue weighted by atomic mass is 9.84. The molecule has 0 atom stereocenters. The van der Waals surface area contributed by atoms with Crippen LogP contribution in [0.4, 0.5) is 10.5 Å². The zero-order valence-electron chi connectivity index (χ0n) is 13.8. The summed E-state index contributed by atoms with van der Waals surface area (Å²) in [5.74, 6) is -0.345. The Morgan fingerprint density at radius 1 is 1.04 bits per heavy atom. The molecule has 0 radical (unpaired) electrons. The van der Waals surface area contributed by atoms with Crippen LogP contribution in [0.1, 0.15) is 45.7 Å². The number of hydrogen-bond donors (Lipinski definition) is 1. The molecule has 1 aliphatic rings. The number of nitrogens with one attached hydrogen (secondary N) is 1. The lowest BCUT2D eigenvalue weighted by Gasteiger charge is -2.19. The van der Waals surface area contributed by atoms with E-state index in [1.165, 1.54) is 12.1 Å². The van der Waals surface area contributed by atoms with Crippen molar-refractivity contribution >= 4 is 34.9 Å². The van der Waals surface area contributed by atoms with Gasteiger partial charge in [0.15, 0.2) is 11.6 Å². The van der Waals surface area contributed by atoms with Crippen molar-refractivity contribution in [1.29, 1.82) is 0 Å². The molecule has 2 aromatic rings. The quantitative estimate of drug-likeness (QED) is 0.757. The molecule has 0 unspecified atom stereocenters. The van der Waals surface area contributed by atoms with Crippen LogP contribution in [-0.4, -0.2) is 24.3 Å². The van der Waals surface area contributed by atoms with Gasteiger partial charge in [-0.3, -0.25) is 14.9 Å². The minimum absolute atomic E-state index is 0.167. The van der Waals surface area contributed by atoms with Crippen molar-refractivity contribution in [2.24, 2.45) is 5.92 Å². The van der Waals surface area contributed by atoms with Gasteiger partial charge in [0, 0.05) is 22.3 Å². The van der Waals surface area contributed by atoms with E-state index in [2.05, 4.69) is 5.32 Å². The topological polar surface area (TPSA) is 72.5 Å². The number of hydrogen-bond acceptors (Lipinski definition) is 4. The average Bonchev–Trinajstić information content (AvgIpc) is 2.59. The zero-order valence-corrected chi connectivity index (χ0v) is 14.5.